The van der Waals surface area contributed by atoms with E-state index in [9.17, 15) is 9.00 Å². The van der Waals surface area contributed by atoms with Crippen LogP contribution in [0.3, 0.4) is 0 Å². The summed E-state index contributed by atoms with van der Waals surface area (Å²) in [6.07, 6.45) is 2.74. The van der Waals surface area contributed by atoms with Crippen LogP contribution in [0.1, 0.15) is 12.0 Å². The molecule has 0 aliphatic rings. The maximum Gasteiger partial charge on any atom is 0.237 e. The summed E-state index contributed by atoms with van der Waals surface area (Å²) in [6.45, 7) is 0.488. The molecule has 0 radical (unpaired) electrons. The van der Waals surface area contributed by atoms with Crippen molar-refractivity contribution >= 4 is 16.7 Å². The molecule has 2 unspecified atom stereocenters. The molecule has 0 spiro atoms. The van der Waals surface area contributed by atoms with Crippen LogP contribution in [0.4, 0.5) is 0 Å². The van der Waals surface area contributed by atoms with E-state index in [4.69, 9.17) is 10.8 Å². The molecule has 0 aliphatic heterocycles. The van der Waals surface area contributed by atoms with Gasteiger partial charge >= 0.3 is 0 Å². The summed E-state index contributed by atoms with van der Waals surface area (Å²) in [4.78, 5) is 11.7. The Morgan fingerprint density at radius 2 is 2.05 bits per heavy atom. The van der Waals surface area contributed by atoms with Gasteiger partial charge in [-0.1, -0.05) is 12.1 Å². The second kappa shape index (κ2) is 7.91. The van der Waals surface area contributed by atoms with Crippen molar-refractivity contribution in [1.29, 1.82) is 0 Å². The van der Waals surface area contributed by atoms with Crippen LogP contribution in [0, 0.1) is 0 Å². The summed E-state index contributed by atoms with van der Waals surface area (Å²) >= 11 is 0. The smallest absolute Gasteiger partial charge is 0.237 e. The average molecular weight is 284 g/mol. The molecular weight excluding hydrogens is 264 g/mol. The summed E-state index contributed by atoms with van der Waals surface area (Å²) in [7, 11) is -0.831. The summed E-state index contributed by atoms with van der Waals surface area (Å²) in [5, 5.41) is 11.9. The second-order valence-corrected chi connectivity index (χ2v) is 5.95. The highest BCUT2D eigenvalue weighted by atomic mass is 32.2. The Bertz CT molecular complexity index is 434. The van der Waals surface area contributed by atoms with Gasteiger partial charge in [0.15, 0.2) is 0 Å². The number of benzene rings is 1. The second-order valence-electron chi connectivity index (χ2n) is 4.40. The van der Waals surface area contributed by atoms with Crippen molar-refractivity contribution in [2.24, 2.45) is 5.73 Å². The summed E-state index contributed by atoms with van der Waals surface area (Å²) in [5.41, 5.74) is 6.69. The molecule has 106 valence electrons. The minimum absolute atomic E-state index is 0.189. The lowest BCUT2D eigenvalue weighted by molar-refractivity contribution is -0.122. The lowest BCUT2D eigenvalue weighted by Crippen LogP contribution is -2.42. The van der Waals surface area contributed by atoms with Gasteiger partial charge in [0.2, 0.25) is 5.91 Å². The first-order valence-corrected chi connectivity index (χ1v) is 7.83. The van der Waals surface area contributed by atoms with E-state index in [2.05, 4.69) is 5.32 Å². The number of rotatable bonds is 7. The van der Waals surface area contributed by atoms with Crippen molar-refractivity contribution in [2.45, 2.75) is 18.9 Å². The zero-order valence-corrected chi connectivity index (χ0v) is 11.8. The number of amides is 1. The third-order valence-corrected chi connectivity index (χ3v) is 3.50. The molecular formula is C13H20N2O3S. The number of nitrogens with two attached hydrogens (primary N) is 1. The summed E-state index contributed by atoms with van der Waals surface area (Å²) < 4.78 is 10.8. The Balaban J connectivity index is 2.32. The molecule has 4 N–H and O–H groups in total. The van der Waals surface area contributed by atoms with Crippen LogP contribution < -0.4 is 11.1 Å². The van der Waals surface area contributed by atoms with Crippen molar-refractivity contribution in [1.82, 2.24) is 5.32 Å². The topological polar surface area (TPSA) is 92.4 Å². The largest absolute Gasteiger partial charge is 0.508 e. The number of phenols is 1. The Morgan fingerprint density at radius 3 is 2.63 bits per heavy atom. The first kappa shape index (κ1) is 15.7. The fourth-order valence-electron chi connectivity index (χ4n) is 1.60. The zero-order chi connectivity index (χ0) is 14.3. The minimum atomic E-state index is -0.831. The molecule has 0 saturated carbocycles. The maximum atomic E-state index is 11.7. The van der Waals surface area contributed by atoms with E-state index in [1.165, 1.54) is 0 Å². The van der Waals surface area contributed by atoms with E-state index in [1.54, 1.807) is 30.5 Å². The van der Waals surface area contributed by atoms with Crippen molar-refractivity contribution in [3.63, 3.8) is 0 Å². The predicted molar refractivity (Wildman–Crippen MR) is 76.3 cm³/mol. The average Bonchev–Trinajstić information content (AvgIpc) is 2.36. The molecule has 5 nitrogen and oxygen atoms in total. The Kier molecular flexibility index (Phi) is 6.52. The summed E-state index contributed by atoms with van der Waals surface area (Å²) in [5.74, 6) is 0.553. The molecule has 2 atom stereocenters. The number of hydrogen-bond donors (Lipinski definition) is 3. The van der Waals surface area contributed by atoms with Gasteiger partial charge in [0, 0.05) is 29.4 Å². The van der Waals surface area contributed by atoms with E-state index >= 15 is 0 Å². The van der Waals surface area contributed by atoms with Crippen LogP contribution in [0.2, 0.25) is 0 Å². The third kappa shape index (κ3) is 6.35. The fraction of sp³-hybridized carbons (Fsp3) is 0.462. The van der Waals surface area contributed by atoms with E-state index in [-0.39, 0.29) is 11.7 Å². The quantitative estimate of drug-likeness (QED) is 0.621. The Morgan fingerprint density at radius 1 is 1.42 bits per heavy atom. The van der Waals surface area contributed by atoms with Gasteiger partial charge in [0.25, 0.3) is 0 Å². The molecule has 0 aromatic heterocycles. The maximum absolute atomic E-state index is 11.7. The van der Waals surface area contributed by atoms with Gasteiger partial charge in [0.05, 0.1) is 6.04 Å². The van der Waals surface area contributed by atoms with E-state index in [1.807, 2.05) is 0 Å². The predicted octanol–water partition coefficient (Wildman–Crippen LogP) is 0.147. The first-order valence-electron chi connectivity index (χ1n) is 6.10. The highest BCUT2D eigenvalue weighted by Crippen LogP contribution is 2.10. The van der Waals surface area contributed by atoms with Crippen LogP contribution in [-0.2, 0) is 22.0 Å². The lowest BCUT2D eigenvalue weighted by Gasteiger charge is -2.12. The number of aromatic hydroxyl groups is 1. The van der Waals surface area contributed by atoms with Gasteiger partial charge in [-0.3, -0.25) is 9.00 Å². The number of phenolic OH excluding ortho intramolecular Hbond substituents is 1. The van der Waals surface area contributed by atoms with Gasteiger partial charge in [-0.15, -0.1) is 0 Å². The normalized spacial score (nSPS) is 13.8. The summed E-state index contributed by atoms with van der Waals surface area (Å²) in [6, 6.07) is 6.00. The SMILES string of the molecule is CS(=O)CCCNC(=O)C(N)Cc1ccc(O)cc1. The van der Waals surface area contributed by atoms with E-state index < -0.39 is 16.8 Å². The standard InChI is InChI=1S/C13H20N2O3S/c1-19(18)8-2-7-15-13(17)12(14)9-10-3-5-11(16)6-4-10/h3-6,12,16H,2,7-9,14H2,1H3,(H,15,17). The van der Waals surface area contributed by atoms with E-state index in [0.29, 0.717) is 25.1 Å². The zero-order valence-electron chi connectivity index (χ0n) is 11.0. The number of hydrogen-bond acceptors (Lipinski definition) is 4. The molecule has 1 aromatic rings. The lowest BCUT2D eigenvalue weighted by atomic mass is 10.1. The monoisotopic (exact) mass is 284 g/mol. The van der Waals surface area contributed by atoms with Crippen molar-refractivity contribution < 1.29 is 14.1 Å². The van der Waals surface area contributed by atoms with E-state index in [0.717, 1.165) is 5.56 Å². The van der Waals surface area contributed by atoms with Gasteiger partial charge in [-0.2, -0.15) is 0 Å². The Hall–Kier alpha value is -1.40. The molecule has 0 saturated heterocycles. The molecule has 0 aliphatic carbocycles. The first-order chi connectivity index (χ1) is 8.99. The molecule has 0 fully saturated rings. The van der Waals surface area contributed by atoms with Crippen LogP contribution in [0.5, 0.6) is 5.75 Å². The van der Waals surface area contributed by atoms with Gasteiger partial charge in [-0.25, -0.2) is 0 Å². The fourth-order valence-corrected chi connectivity index (χ4v) is 2.15. The Labute approximate surface area is 115 Å². The highest BCUT2D eigenvalue weighted by Gasteiger charge is 2.13. The third-order valence-electron chi connectivity index (χ3n) is 2.64. The number of carbonyl (C=O) groups is 1. The highest BCUT2D eigenvalue weighted by molar-refractivity contribution is 7.84. The molecule has 19 heavy (non-hydrogen) atoms. The molecule has 0 heterocycles. The molecule has 0 bridgehead atoms. The van der Waals surface area contributed by atoms with Crippen LogP contribution in [-0.4, -0.2) is 39.8 Å². The van der Waals surface area contributed by atoms with Crippen molar-refractivity contribution in [3.8, 4) is 5.75 Å². The van der Waals surface area contributed by atoms with Crippen molar-refractivity contribution in [3.05, 3.63) is 29.8 Å². The molecule has 6 heteroatoms. The molecule has 1 amide bonds. The number of nitrogens with one attached hydrogen (secondary N) is 1. The van der Waals surface area contributed by atoms with Crippen LogP contribution >= 0.6 is 0 Å². The number of carbonyl (C=O) groups excluding carboxylic acids is 1. The van der Waals surface area contributed by atoms with Crippen LogP contribution in [0.25, 0.3) is 0 Å². The van der Waals surface area contributed by atoms with Gasteiger partial charge in [0.1, 0.15) is 5.75 Å². The van der Waals surface area contributed by atoms with Gasteiger partial charge < -0.3 is 16.2 Å². The molecule has 1 aromatic carbocycles. The van der Waals surface area contributed by atoms with Gasteiger partial charge in [-0.05, 0) is 30.5 Å². The van der Waals surface area contributed by atoms with Crippen LogP contribution in [0.15, 0.2) is 24.3 Å². The minimum Gasteiger partial charge on any atom is -0.508 e. The van der Waals surface area contributed by atoms with Crippen molar-refractivity contribution in [2.75, 3.05) is 18.6 Å². The molecule has 1 rings (SSSR count).